The maximum atomic E-state index is 13.3. The smallest absolute Gasteiger partial charge is 0.123 e. The molecule has 0 bridgehead atoms. The van der Waals surface area contributed by atoms with Crippen LogP contribution in [0.5, 0.6) is 0 Å². The van der Waals surface area contributed by atoms with Crippen LogP contribution >= 0.6 is 22.6 Å². The lowest BCUT2D eigenvalue weighted by Crippen LogP contribution is -2.18. The second-order valence-electron chi connectivity index (χ2n) is 3.80. The van der Waals surface area contributed by atoms with E-state index in [0.717, 1.165) is 5.56 Å². The largest absolute Gasteiger partial charge is 0.309 e. The van der Waals surface area contributed by atoms with E-state index in [2.05, 4.69) is 40.0 Å². The quantitative estimate of drug-likeness (QED) is 0.839. The minimum absolute atomic E-state index is 0.0267. The number of halogens is 2. The van der Waals surface area contributed by atoms with Gasteiger partial charge in [-0.2, -0.15) is 0 Å². The number of nitrogens with one attached hydrogen (secondary N) is 1. The van der Waals surface area contributed by atoms with Crippen LogP contribution in [0.3, 0.4) is 0 Å². The molecule has 88 valence electrons. The van der Waals surface area contributed by atoms with Gasteiger partial charge in [0.15, 0.2) is 0 Å². The zero-order valence-electron chi connectivity index (χ0n) is 9.45. The first kappa shape index (κ1) is 12.5. The summed E-state index contributed by atoms with van der Waals surface area (Å²) in [4.78, 5) is 0. The van der Waals surface area contributed by atoms with Gasteiger partial charge < -0.3 is 5.32 Å². The van der Waals surface area contributed by atoms with Crippen LogP contribution < -0.4 is 5.32 Å². The number of hydrogen-bond acceptors (Lipinski definition) is 1. The molecule has 1 unspecified atom stereocenters. The maximum Gasteiger partial charge on any atom is 0.123 e. The molecular weight excluding hydrogens is 328 g/mol. The van der Waals surface area contributed by atoms with Gasteiger partial charge in [0, 0.05) is 3.57 Å². The van der Waals surface area contributed by atoms with Crippen molar-refractivity contribution in [1.82, 2.24) is 5.32 Å². The molecule has 2 aromatic carbocycles. The molecule has 0 amide bonds. The number of benzene rings is 2. The Morgan fingerprint density at radius 2 is 1.88 bits per heavy atom. The van der Waals surface area contributed by atoms with E-state index in [4.69, 9.17) is 0 Å². The van der Waals surface area contributed by atoms with Gasteiger partial charge in [0.2, 0.25) is 0 Å². The van der Waals surface area contributed by atoms with Crippen molar-refractivity contribution in [2.75, 3.05) is 7.05 Å². The van der Waals surface area contributed by atoms with E-state index in [-0.39, 0.29) is 11.9 Å². The van der Waals surface area contributed by atoms with E-state index in [1.807, 2.05) is 25.2 Å². The molecule has 0 saturated heterocycles. The average molecular weight is 341 g/mol. The minimum atomic E-state index is -0.200. The highest BCUT2D eigenvalue weighted by Gasteiger charge is 2.14. The summed E-state index contributed by atoms with van der Waals surface area (Å²) in [7, 11) is 1.89. The summed E-state index contributed by atoms with van der Waals surface area (Å²) in [6, 6.07) is 14.9. The van der Waals surface area contributed by atoms with Crippen LogP contribution in [0.2, 0.25) is 0 Å². The van der Waals surface area contributed by atoms with Crippen LogP contribution in [0.25, 0.3) is 0 Å². The van der Waals surface area contributed by atoms with Gasteiger partial charge in [0.05, 0.1) is 6.04 Å². The van der Waals surface area contributed by atoms with Gasteiger partial charge in [-0.25, -0.2) is 4.39 Å². The van der Waals surface area contributed by atoms with Crippen LogP contribution in [0.1, 0.15) is 17.2 Å². The Hall–Kier alpha value is -0.940. The zero-order valence-corrected chi connectivity index (χ0v) is 11.6. The highest BCUT2D eigenvalue weighted by molar-refractivity contribution is 14.1. The van der Waals surface area contributed by atoms with E-state index in [9.17, 15) is 4.39 Å². The lowest BCUT2D eigenvalue weighted by molar-refractivity contribution is 0.616. The van der Waals surface area contributed by atoms with Gasteiger partial charge >= 0.3 is 0 Å². The summed E-state index contributed by atoms with van der Waals surface area (Å²) in [5.74, 6) is -0.200. The number of rotatable bonds is 3. The molecule has 0 aliphatic heterocycles. The van der Waals surface area contributed by atoms with Gasteiger partial charge in [-0.3, -0.25) is 0 Å². The third-order valence-electron chi connectivity index (χ3n) is 2.69. The van der Waals surface area contributed by atoms with E-state index in [1.165, 1.54) is 15.2 Å². The van der Waals surface area contributed by atoms with Gasteiger partial charge in [-0.15, -0.1) is 0 Å². The molecule has 0 saturated carbocycles. The fraction of sp³-hybridized carbons (Fsp3) is 0.143. The summed E-state index contributed by atoms with van der Waals surface area (Å²) in [5.41, 5.74) is 2.11. The molecule has 0 aliphatic rings. The highest BCUT2D eigenvalue weighted by atomic mass is 127. The third kappa shape index (κ3) is 2.84. The van der Waals surface area contributed by atoms with Crippen LogP contribution in [0.15, 0.2) is 48.5 Å². The van der Waals surface area contributed by atoms with E-state index < -0.39 is 0 Å². The molecule has 17 heavy (non-hydrogen) atoms. The lowest BCUT2D eigenvalue weighted by atomic mass is 9.99. The second-order valence-corrected chi connectivity index (χ2v) is 4.96. The van der Waals surface area contributed by atoms with Gasteiger partial charge in [0.25, 0.3) is 0 Å². The van der Waals surface area contributed by atoms with Crippen LogP contribution in [0, 0.1) is 9.39 Å². The van der Waals surface area contributed by atoms with Crippen molar-refractivity contribution in [3.05, 3.63) is 69.0 Å². The molecular formula is C14H13FIN. The molecule has 2 rings (SSSR count). The fourth-order valence-electron chi connectivity index (χ4n) is 1.90. The summed E-state index contributed by atoms with van der Waals surface area (Å²) < 4.78 is 14.4. The summed E-state index contributed by atoms with van der Waals surface area (Å²) in [6.07, 6.45) is 0. The first-order valence-corrected chi connectivity index (χ1v) is 6.47. The van der Waals surface area contributed by atoms with E-state index in [0.29, 0.717) is 0 Å². The predicted octanol–water partition coefficient (Wildman–Crippen LogP) is 3.74. The Morgan fingerprint density at radius 3 is 2.53 bits per heavy atom. The standard InChI is InChI=1S/C14H13FIN/c1-17-14(10-5-4-6-11(15)9-10)12-7-2-3-8-13(12)16/h2-9,14,17H,1H3. The molecule has 0 fully saturated rings. The molecule has 1 atom stereocenters. The third-order valence-corrected chi connectivity index (χ3v) is 3.67. The Kier molecular flexibility index (Phi) is 4.12. The van der Waals surface area contributed by atoms with E-state index >= 15 is 0 Å². The van der Waals surface area contributed by atoms with Crippen molar-refractivity contribution in [3.63, 3.8) is 0 Å². The zero-order chi connectivity index (χ0) is 12.3. The molecule has 1 N–H and O–H groups in total. The van der Waals surface area contributed by atoms with Crippen molar-refractivity contribution in [3.8, 4) is 0 Å². The SMILES string of the molecule is CNC(c1cccc(F)c1)c1ccccc1I. The summed E-state index contributed by atoms with van der Waals surface area (Å²) in [5, 5.41) is 3.23. The fourth-order valence-corrected chi connectivity index (χ4v) is 2.60. The topological polar surface area (TPSA) is 12.0 Å². The molecule has 0 radical (unpaired) electrons. The molecule has 3 heteroatoms. The molecule has 0 heterocycles. The second kappa shape index (κ2) is 5.60. The van der Waals surface area contributed by atoms with Crippen LogP contribution in [-0.2, 0) is 0 Å². The highest BCUT2D eigenvalue weighted by Crippen LogP contribution is 2.26. The Morgan fingerprint density at radius 1 is 1.12 bits per heavy atom. The molecule has 2 aromatic rings. The average Bonchev–Trinajstić information content (AvgIpc) is 2.33. The number of hydrogen-bond donors (Lipinski definition) is 1. The minimum Gasteiger partial charge on any atom is -0.309 e. The van der Waals surface area contributed by atoms with E-state index in [1.54, 1.807) is 12.1 Å². The molecule has 1 nitrogen and oxygen atoms in total. The summed E-state index contributed by atoms with van der Waals surface area (Å²) in [6.45, 7) is 0. The molecule has 0 aromatic heterocycles. The predicted molar refractivity (Wildman–Crippen MR) is 76.5 cm³/mol. The van der Waals surface area contributed by atoms with Crippen molar-refractivity contribution < 1.29 is 4.39 Å². The maximum absolute atomic E-state index is 13.3. The monoisotopic (exact) mass is 341 g/mol. The van der Waals surface area contributed by atoms with Crippen LogP contribution in [0.4, 0.5) is 4.39 Å². The van der Waals surface area contributed by atoms with Crippen LogP contribution in [-0.4, -0.2) is 7.05 Å². The van der Waals surface area contributed by atoms with Gasteiger partial charge in [0.1, 0.15) is 5.82 Å². The van der Waals surface area contributed by atoms with Crippen molar-refractivity contribution in [1.29, 1.82) is 0 Å². The molecule has 0 aliphatic carbocycles. The van der Waals surface area contributed by atoms with Gasteiger partial charge in [-0.1, -0.05) is 30.3 Å². The van der Waals surface area contributed by atoms with Crippen molar-refractivity contribution >= 4 is 22.6 Å². The Balaban J connectivity index is 2.44. The first-order chi connectivity index (χ1) is 8.22. The Labute approximate surface area is 114 Å². The Bertz CT molecular complexity index is 513. The van der Waals surface area contributed by atoms with Crippen molar-refractivity contribution in [2.45, 2.75) is 6.04 Å². The normalized spacial score (nSPS) is 12.4. The van der Waals surface area contributed by atoms with Gasteiger partial charge in [-0.05, 0) is 59.0 Å². The lowest BCUT2D eigenvalue weighted by Gasteiger charge is -2.18. The first-order valence-electron chi connectivity index (χ1n) is 5.39. The molecule has 0 spiro atoms. The summed E-state index contributed by atoms with van der Waals surface area (Å²) >= 11 is 2.30. The van der Waals surface area contributed by atoms with Crippen molar-refractivity contribution in [2.24, 2.45) is 0 Å².